The van der Waals surface area contributed by atoms with Crippen molar-refractivity contribution in [1.82, 2.24) is 16.0 Å². The predicted octanol–water partition coefficient (Wildman–Crippen LogP) is 2.21. The Kier molecular flexibility index (Phi) is 7.00. The number of carbonyl (C=O) groups excluding carboxylic acids is 1. The Bertz CT molecular complexity index is 727. The summed E-state index contributed by atoms with van der Waals surface area (Å²) in [5, 5.41) is 8.97. The second kappa shape index (κ2) is 9.46. The summed E-state index contributed by atoms with van der Waals surface area (Å²) in [4.78, 5) is 16.0. The molecule has 2 aromatic rings. The molecule has 0 atom stereocenters. The summed E-state index contributed by atoms with van der Waals surface area (Å²) in [7, 11) is 1.65. The third-order valence-corrected chi connectivity index (χ3v) is 3.63. The lowest BCUT2D eigenvalue weighted by Gasteiger charge is -2.12. The van der Waals surface area contributed by atoms with Gasteiger partial charge in [0, 0.05) is 37.8 Å². The van der Waals surface area contributed by atoms with E-state index in [0.717, 1.165) is 5.56 Å². The second-order valence-corrected chi connectivity index (χ2v) is 5.49. The van der Waals surface area contributed by atoms with E-state index in [1.807, 2.05) is 6.92 Å². The smallest absolute Gasteiger partial charge is 0.287 e. The molecule has 25 heavy (non-hydrogen) atoms. The van der Waals surface area contributed by atoms with Crippen LogP contribution in [0.4, 0.5) is 4.39 Å². The topological polar surface area (TPSA) is 78.7 Å². The molecular formula is C18H23FN4O2. The van der Waals surface area contributed by atoms with E-state index in [2.05, 4.69) is 20.9 Å². The summed E-state index contributed by atoms with van der Waals surface area (Å²) in [6.07, 6.45) is 2.21. The highest BCUT2D eigenvalue weighted by atomic mass is 19.1. The number of amides is 1. The SMILES string of the molecule is CN=C(NCCCNC(=O)c1occc1C)NCc1ccccc1F. The zero-order valence-electron chi connectivity index (χ0n) is 14.4. The number of nitrogens with zero attached hydrogens (tertiary/aromatic N) is 1. The Morgan fingerprint density at radius 1 is 1.16 bits per heavy atom. The molecule has 0 saturated heterocycles. The average Bonchev–Trinajstić information content (AvgIpc) is 3.04. The van der Waals surface area contributed by atoms with Crippen molar-refractivity contribution in [3.8, 4) is 0 Å². The van der Waals surface area contributed by atoms with Crippen LogP contribution in [0.2, 0.25) is 0 Å². The van der Waals surface area contributed by atoms with Gasteiger partial charge in [0.2, 0.25) is 0 Å². The standard InChI is InChI=1S/C18H23FN4O2/c1-13-8-11-25-16(13)17(24)21-9-5-10-22-18(20-2)23-12-14-6-3-4-7-15(14)19/h3-4,6-8,11H,5,9-10,12H2,1-2H3,(H,21,24)(H2,20,22,23). The fourth-order valence-corrected chi connectivity index (χ4v) is 2.22. The Hall–Kier alpha value is -2.83. The van der Waals surface area contributed by atoms with Gasteiger partial charge in [-0.05, 0) is 25.5 Å². The first-order chi connectivity index (χ1) is 12.1. The van der Waals surface area contributed by atoms with Crippen LogP contribution < -0.4 is 16.0 Å². The number of benzene rings is 1. The van der Waals surface area contributed by atoms with Crippen LogP contribution in [0.5, 0.6) is 0 Å². The molecule has 1 amide bonds. The van der Waals surface area contributed by atoms with E-state index in [-0.39, 0.29) is 11.7 Å². The van der Waals surface area contributed by atoms with Gasteiger partial charge in [-0.2, -0.15) is 0 Å². The number of carbonyl (C=O) groups is 1. The molecular weight excluding hydrogens is 323 g/mol. The number of guanidine groups is 1. The van der Waals surface area contributed by atoms with E-state index in [1.165, 1.54) is 12.3 Å². The molecule has 1 heterocycles. The van der Waals surface area contributed by atoms with Crippen LogP contribution in [0.25, 0.3) is 0 Å². The second-order valence-electron chi connectivity index (χ2n) is 5.49. The number of aliphatic imine (C=N–C) groups is 1. The van der Waals surface area contributed by atoms with Gasteiger partial charge in [0.1, 0.15) is 5.82 Å². The Morgan fingerprint density at radius 3 is 2.60 bits per heavy atom. The molecule has 0 aliphatic rings. The van der Waals surface area contributed by atoms with E-state index in [4.69, 9.17) is 4.42 Å². The van der Waals surface area contributed by atoms with E-state index < -0.39 is 0 Å². The van der Waals surface area contributed by atoms with Crippen LogP contribution in [-0.4, -0.2) is 32.0 Å². The van der Waals surface area contributed by atoms with Crippen LogP contribution in [0.3, 0.4) is 0 Å². The highest BCUT2D eigenvalue weighted by Crippen LogP contribution is 2.08. The predicted molar refractivity (Wildman–Crippen MR) is 95.0 cm³/mol. The maximum absolute atomic E-state index is 13.6. The number of hydrogen-bond acceptors (Lipinski definition) is 3. The van der Waals surface area contributed by atoms with Gasteiger partial charge >= 0.3 is 0 Å². The normalized spacial score (nSPS) is 11.2. The zero-order valence-corrected chi connectivity index (χ0v) is 14.4. The minimum atomic E-state index is -0.249. The first kappa shape index (κ1) is 18.5. The molecule has 0 bridgehead atoms. The van der Waals surface area contributed by atoms with Crippen molar-refractivity contribution in [1.29, 1.82) is 0 Å². The number of aryl methyl sites for hydroxylation is 1. The Balaban J connectivity index is 1.65. The fourth-order valence-electron chi connectivity index (χ4n) is 2.22. The minimum absolute atomic E-state index is 0.218. The van der Waals surface area contributed by atoms with Crippen molar-refractivity contribution in [2.24, 2.45) is 4.99 Å². The molecule has 0 saturated carbocycles. The van der Waals surface area contributed by atoms with Gasteiger partial charge in [-0.25, -0.2) is 4.39 Å². The number of halogens is 1. The number of furan rings is 1. The summed E-state index contributed by atoms with van der Waals surface area (Å²) >= 11 is 0. The van der Waals surface area contributed by atoms with Gasteiger partial charge in [-0.1, -0.05) is 18.2 Å². The molecule has 0 aliphatic carbocycles. The molecule has 3 N–H and O–H groups in total. The third-order valence-electron chi connectivity index (χ3n) is 3.63. The lowest BCUT2D eigenvalue weighted by atomic mass is 10.2. The van der Waals surface area contributed by atoms with Crippen molar-refractivity contribution in [3.05, 3.63) is 59.3 Å². The van der Waals surface area contributed by atoms with Crippen molar-refractivity contribution in [3.63, 3.8) is 0 Å². The largest absolute Gasteiger partial charge is 0.459 e. The molecule has 6 nitrogen and oxygen atoms in total. The first-order valence-electron chi connectivity index (χ1n) is 8.12. The summed E-state index contributed by atoms with van der Waals surface area (Å²) in [6, 6.07) is 8.35. The van der Waals surface area contributed by atoms with Crippen molar-refractivity contribution >= 4 is 11.9 Å². The summed E-state index contributed by atoms with van der Waals surface area (Å²) < 4.78 is 18.7. The van der Waals surface area contributed by atoms with Crippen LogP contribution in [-0.2, 0) is 6.54 Å². The molecule has 0 aliphatic heterocycles. The van der Waals surface area contributed by atoms with Crippen molar-refractivity contribution in [2.45, 2.75) is 19.9 Å². The highest BCUT2D eigenvalue weighted by molar-refractivity contribution is 5.92. The lowest BCUT2D eigenvalue weighted by Crippen LogP contribution is -2.38. The fraction of sp³-hybridized carbons (Fsp3) is 0.333. The quantitative estimate of drug-likeness (QED) is 0.408. The monoisotopic (exact) mass is 346 g/mol. The van der Waals surface area contributed by atoms with Crippen LogP contribution >= 0.6 is 0 Å². The molecule has 0 spiro atoms. The van der Waals surface area contributed by atoms with Crippen LogP contribution in [0, 0.1) is 12.7 Å². The molecule has 0 fully saturated rings. The lowest BCUT2D eigenvalue weighted by molar-refractivity contribution is 0.0925. The third kappa shape index (κ3) is 5.63. The molecule has 0 radical (unpaired) electrons. The van der Waals surface area contributed by atoms with Gasteiger partial charge in [0.15, 0.2) is 11.7 Å². The Labute approximate surface area is 146 Å². The molecule has 2 rings (SSSR count). The van der Waals surface area contributed by atoms with Gasteiger partial charge in [-0.3, -0.25) is 9.79 Å². The average molecular weight is 346 g/mol. The Morgan fingerprint density at radius 2 is 1.92 bits per heavy atom. The molecule has 1 aromatic carbocycles. The molecule has 7 heteroatoms. The van der Waals surface area contributed by atoms with E-state index in [9.17, 15) is 9.18 Å². The first-order valence-corrected chi connectivity index (χ1v) is 8.12. The van der Waals surface area contributed by atoms with Crippen LogP contribution in [0.1, 0.15) is 28.1 Å². The summed E-state index contributed by atoms with van der Waals surface area (Å²) in [6.45, 7) is 3.30. The van der Waals surface area contributed by atoms with Crippen LogP contribution in [0.15, 0.2) is 46.0 Å². The molecule has 0 unspecified atom stereocenters. The summed E-state index contributed by atoms with van der Waals surface area (Å²) in [5.74, 6) is 0.456. The maximum Gasteiger partial charge on any atom is 0.287 e. The summed E-state index contributed by atoms with van der Waals surface area (Å²) in [5.41, 5.74) is 1.39. The van der Waals surface area contributed by atoms with E-state index in [0.29, 0.717) is 43.3 Å². The van der Waals surface area contributed by atoms with Crippen molar-refractivity contribution < 1.29 is 13.6 Å². The highest BCUT2D eigenvalue weighted by Gasteiger charge is 2.11. The number of nitrogens with one attached hydrogen (secondary N) is 3. The van der Waals surface area contributed by atoms with Crippen molar-refractivity contribution in [2.75, 3.05) is 20.1 Å². The zero-order chi connectivity index (χ0) is 18.1. The minimum Gasteiger partial charge on any atom is -0.459 e. The molecule has 1 aromatic heterocycles. The van der Waals surface area contributed by atoms with E-state index >= 15 is 0 Å². The van der Waals surface area contributed by atoms with Gasteiger partial charge in [0.25, 0.3) is 5.91 Å². The van der Waals surface area contributed by atoms with Gasteiger partial charge in [0.05, 0.1) is 6.26 Å². The van der Waals surface area contributed by atoms with Gasteiger partial charge in [-0.15, -0.1) is 0 Å². The van der Waals surface area contributed by atoms with E-state index in [1.54, 1.807) is 31.3 Å². The molecule has 134 valence electrons. The maximum atomic E-state index is 13.6. The van der Waals surface area contributed by atoms with Gasteiger partial charge < -0.3 is 20.4 Å². The number of hydrogen-bond donors (Lipinski definition) is 3. The number of rotatable bonds is 7.